The molecule has 0 aromatic carbocycles. The van der Waals surface area contributed by atoms with Gasteiger partial charge in [0, 0.05) is 12.7 Å². The van der Waals surface area contributed by atoms with Crippen LogP contribution in [0.4, 0.5) is 0 Å². The fourth-order valence-electron chi connectivity index (χ4n) is 3.35. The van der Waals surface area contributed by atoms with E-state index < -0.39 is 0 Å². The second-order valence-electron chi connectivity index (χ2n) is 6.62. The van der Waals surface area contributed by atoms with E-state index in [2.05, 4.69) is 10.2 Å². The van der Waals surface area contributed by atoms with E-state index >= 15 is 0 Å². The molecule has 24 heavy (non-hydrogen) atoms. The normalized spacial score (nSPS) is 18.2. The molecule has 0 spiro atoms. The minimum Gasteiger partial charge on any atom is -0.336 e. The Hall–Kier alpha value is -1.82. The molecule has 1 fully saturated rings. The molecule has 0 saturated carbocycles. The summed E-state index contributed by atoms with van der Waals surface area (Å²) in [4.78, 5) is 14.8. The van der Waals surface area contributed by atoms with E-state index in [9.17, 15) is 4.79 Å². The van der Waals surface area contributed by atoms with Crippen LogP contribution in [0.1, 0.15) is 36.2 Å². The summed E-state index contributed by atoms with van der Waals surface area (Å²) in [6.07, 6.45) is 7.10. The van der Waals surface area contributed by atoms with Crippen molar-refractivity contribution in [1.82, 2.24) is 24.5 Å². The van der Waals surface area contributed by atoms with E-state index in [0.717, 1.165) is 49.3 Å². The van der Waals surface area contributed by atoms with Gasteiger partial charge in [0.1, 0.15) is 6.54 Å². The highest BCUT2D eigenvalue weighted by Gasteiger charge is 2.28. The first-order valence-corrected chi connectivity index (χ1v) is 8.81. The Labute approximate surface area is 147 Å². The topological polar surface area (TPSA) is 56.0 Å². The summed E-state index contributed by atoms with van der Waals surface area (Å²) in [5.41, 5.74) is 2.75. The van der Waals surface area contributed by atoms with Gasteiger partial charge in [-0.3, -0.25) is 14.2 Å². The number of carbonyl (C=O) groups excluding carboxylic acids is 1. The molecule has 1 amide bonds. The number of carbonyl (C=O) groups is 1. The Morgan fingerprint density at radius 2 is 2.12 bits per heavy atom. The second kappa shape index (κ2) is 6.97. The summed E-state index contributed by atoms with van der Waals surface area (Å²) in [5, 5.41) is 9.38. The lowest BCUT2D eigenvalue weighted by Gasteiger charge is -2.35. The smallest absolute Gasteiger partial charge is 0.244 e. The number of rotatable bonds is 4. The maximum Gasteiger partial charge on any atom is 0.244 e. The molecule has 0 N–H and O–H groups in total. The van der Waals surface area contributed by atoms with Gasteiger partial charge < -0.3 is 4.90 Å². The molecule has 1 aliphatic rings. The summed E-state index contributed by atoms with van der Waals surface area (Å²) in [6, 6.07) is 0.193. The molecule has 0 bridgehead atoms. The average Bonchev–Trinajstić information content (AvgIpc) is 3.07. The van der Waals surface area contributed by atoms with Crippen LogP contribution in [0.3, 0.4) is 0 Å². The van der Waals surface area contributed by atoms with Crippen LogP contribution in [-0.2, 0) is 17.9 Å². The maximum absolute atomic E-state index is 12.8. The van der Waals surface area contributed by atoms with Crippen molar-refractivity contribution >= 4 is 17.5 Å². The third kappa shape index (κ3) is 3.48. The molecule has 2 aromatic heterocycles. The van der Waals surface area contributed by atoms with Crippen molar-refractivity contribution in [2.24, 2.45) is 0 Å². The standard InChI is InChI=1S/C17H24ClN5O/c1-12-8-19-21(9-12)10-15-6-4-5-7-22(15)16(24)11-23-14(3)17(18)13(2)20-23/h8-9,15H,4-7,10-11H2,1-3H3/t15-/m0/s1. The first-order chi connectivity index (χ1) is 11.5. The molecule has 1 aliphatic heterocycles. The number of piperidine rings is 1. The first-order valence-electron chi connectivity index (χ1n) is 8.43. The number of nitrogens with zero attached hydrogens (tertiary/aromatic N) is 5. The van der Waals surface area contributed by atoms with Gasteiger partial charge in [-0.25, -0.2) is 0 Å². The zero-order valence-corrected chi connectivity index (χ0v) is 15.3. The monoisotopic (exact) mass is 349 g/mol. The van der Waals surface area contributed by atoms with Gasteiger partial charge in [-0.15, -0.1) is 0 Å². The fraction of sp³-hybridized carbons (Fsp3) is 0.588. The van der Waals surface area contributed by atoms with Gasteiger partial charge in [0.25, 0.3) is 0 Å². The number of hydrogen-bond donors (Lipinski definition) is 0. The molecular weight excluding hydrogens is 326 g/mol. The number of aryl methyl sites for hydroxylation is 2. The van der Waals surface area contributed by atoms with Gasteiger partial charge in [-0.1, -0.05) is 11.6 Å². The molecule has 0 unspecified atom stereocenters. The lowest BCUT2D eigenvalue weighted by Crippen LogP contribution is -2.47. The lowest BCUT2D eigenvalue weighted by molar-refractivity contribution is -0.136. The molecule has 6 nitrogen and oxygen atoms in total. The van der Waals surface area contributed by atoms with Crippen LogP contribution < -0.4 is 0 Å². The van der Waals surface area contributed by atoms with E-state index in [0.29, 0.717) is 5.02 Å². The van der Waals surface area contributed by atoms with E-state index in [1.165, 1.54) is 0 Å². The fourth-order valence-corrected chi connectivity index (χ4v) is 3.48. The molecule has 2 aromatic rings. The molecule has 0 radical (unpaired) electrons. The highest BCUT2D eigenvalue weighted by atomic mass is 35.5. The Bertz CT molecular complexity index is 735. The Balaban J connectivity index is 1.72. The number of halogens is 1. The molecule has 0 aliphatic carbocycles. The van der Waals surface area contributed by atoms with Crippen LogP contribution in [0.25, 0.3) is 0 Å². The third-order valence-electron chi connectivity index (χ3n) is 4.69. The maximum atomic E-state index is 12.8. The zero-order chi connectivity index (χ0) is 17.3. The summed E-state index contributed by atoms with van der Waals surface area (Å²) >= 11 is 6.19. The number of hydrogen-bond acceptors (Lipinski definition) is 3. The van der Waals surface area contributed by atoms with E-state index in [1.807, 2.05) is 42.7 Å². The van der Waals surface area contributed by atoms with Gasteiger partial charge in [0.05, 0.1) is 35.2 Å². The third-order valence-corrected chi connectivity index (χ3v) is 5.23. The molecular formula is C17H24ClN5O. The van der Waals surface area contributed by atoms with Crippen molar-refractivity contribution in [3.8, 4) is 0 Å². The van der Waals surface area contributed by atoms with Gasteiger partial charge in [0.15, 0.2) is 0 Å². The molecule has 3 heterocycles. The quantitative estimate of drug-likeness (QED) is 0.852. The van der Waals surface area contributed by atoms with Crippen LogP contribution in [0, 0.1) is 20.8 Å². The highest BCUT2D eigenvalue weighted by Crippen LogP contribution is 2.22. The minimum atomic E-state index is 0.103. The second-order valence-corrected chi connectivity index (χ2v) is 7.00. The van der Waals surface area contributed by atoms with Crippen LogP contribution in [0.2, 0.25) is 5.02 Å². The average molecular weight is 350 g/mol. The SMILES string of the molecule is Cc1cnn(C[C@@H]2CCCCN2C(=O)Cn2nc(C)c(Cl)c2C)c1. The Kier molecular flexibility index (Phi) is 4.94. The summed E-state index contributed by atoms with van der Waals surface area (Å²) in [5.74, 6) is 0.103. The van der Waals surface area contributed by atoms with Crippen molar-refractivity contribution in [1.29, 1.82) is 0 Å². The largest absolute Gasteiger partial charge is 0.336 e. The predicted octanol–water partition coefficient (Wildman–Crippen LogP) is 2.74. The van der Waals surface area contributed by atoms with Gasteiger partial charge in [-0.2, -0.15) is 10.2 Å². The summed E-state index contributed by atoms with van der Waals surface area (Å²) in [6.45, 7) is 7.58. The van der Waals surface area contributed by atoms with E-state index in [1.54, 1.807) is 4.68 Å². The molecule has 1 saturated heterocycles. The number of amides is 1. The minimum absolute atomic E-state index is 0.103. The molecule has 1 atom stereocenters. The van der Waals surface area contributed by atoms with E-state index in [4.69, 9.17) is 11.6 Å². The van der Waals surface area contributed by atoms with Crippen molar-refractivity contribution in [3.05, 3.63) is 34.4 Å². The number of likely N-dealkylation sites (tertiary alicyclic amines) is 1. The van der Waals surface area contributed by atoms with Crippen molar-refractivity contribution in [3.63, 3.8) is 0 Å². The molecule has 3 rings (SSSR count). The van der Waals surface area contributed by atoms with Gasteiger partial charge >= 0.3 is 0 Å². The Morgan fingerprint density at radius 1 is 1.33 bits per heavy atom. The number of aromatic nitrogens is 4. The zero-order valence-electron chi connectivity index (χ0n) is 14.5. The van der Waals surface area contributed by atoms with Crippen molar-refractivity contribution in [2.45, 2.75) is 59.2 Å². The summed E-state index contributed by atoms with van der Waals surface area (Å²) in [7, 11) is 0. The lowest BCUT2D eigenvalue weighted by atomic mass is 10.0. The van der Waals surface area contributed by atoms with Crippen molar-refractivity contribution in [2.75, 3.05) is 6.54 Å². The van der Waals surface area contributed by atoms with Crippen LogP contribution in [0.5, 0.6) is 0 Å². The molecule has 130 valence electrons. The first kappa shape index (κ1) is 17.0. The van der Waals surface area contributed by atoms with Gasteiger partial charge in [0.2, 0.25) is 5.91 Å². The Morgan fingerprint density at radius 3 is 2.75 bits per heavy atom. The summed E-state index contributed by atoms with van der Waals surface area (Å²) < 4.78 is 3.65. The van der Waals surface area contributed by atoms with Crippen LogP contribution >= 0.6 is 11.6 Å². The van der Waals surface area contributed by atoms with Crippen molar-refractivity contribution < 1.29 is 4.79 Å². The van der Waals surface area contributed by atoms with Gasteiger partial charge in [-0.05, 0) is 45.6 Å². The van der Waals surface area contributed by atoms with E-state index in [-0.39, 0.29) is 18.5 Å². The van der Waals surface area contributed by atoms with Crippen LogP contribution in [-0.4, -0.2) is 43.0 Å². The van der Waals surface area contributed by atoms with Crippen LogP contribution in [0.15, 0.2) is 12.4 Å². The predicted molar refractivity (Wildman–Crippen MR) is 93.0 cm³/mol. The highest BCUT2D eigenvalue weighted by molar-refractivity contribution is 6.31. The molecule has 7 heteroatoms.